The number of ether oxygens (including phenoxy) is 1. The molecular weight excluding hydrogens is 264 g/mol. The standard InChI is InChI=1S/C14H19ClN2O2/c1-3-12-9-17(6-7-19-12)14(18)16-13-5-4-11(15)8-10(13)2/h4-5,8,12H,3,6-7,9H2,1-2H3,(H,16,18). The fourth-order valence-electron chi connectivity index (χ4n) is 2.11. The van der Waals surface area contributed by atoms with Crippen molar-refractivity contribution in [2.24, 2.45) is 0 Å². The lowest BCUT2D eigenvalue weighted by molar-refractivity contribution is -0.0134. The maximum Gasteiger partial charge on any atom is 0.322 e. The highest BCUT2D eigenvalue weighted by molar-refractivity contribution is 6.30. The van der Waals surface area contributed by atoms with Crippen molar-refractivity contribution in [3.8, 4) is 0 Å². The number of nitrogens with zero attached hydrogens (tertiary/aromatic N) is 1. The Hall–Kier alpha value is -1.26. The van der Waals surface area contributed by atoms with E-state index in [4.69, 9.17) is 16.3 Å². The summed E-state index contributed by atoms with van der Waals surface area (Å²) >= 11 is 5.90. The molecule has 0 saturated carbocycles. The molecule has 1 heterocycles. The average molecular weight is 283 g/mol. The van der Waals surface area contributed by atoms with Gasteiger partial charge in [-0.25, -0.2) is 4.79 Å². The minimum atomic E-state index is -0.0767. The van der Waals surface area contributed by atoms with Gasteiger partial charge in [-0.05, 0) is 37.1 Å². The molecule has 104 valence electrons. The van der Waals surface area contributed by atoms with Crippen molar-refractivity contribution in [2.45, 2.75) is 26.4 Å². The first kappa shape index (κ1) is 14.2. The minimum Gasteiger partial charge on any atom is -0.375 e. The van der Waals surface area contributed by atoms with Crippen LogP contribution < -0.4 is 5.32 Å². The molecule has 0 radical (unpaired) electrons. The summed E-state index contributed by atoms with van der Waals surface area (Å²) in [5, 5.41) is 3.60. The lowest BCUT2D eigenvalue weighted by atomic mass is 10.2. The monoisotopic (exact) mass is 282 g/mol. The summed E-state index contributed by atoms with van der Waals surface area (Å²) in [6, 6.07) is 5.36. The number of halogens is 1. The van der Waals surface area contributed by atoms with Gasteiger partial charge in [-0.15, -0.1) is 0 Å². The van der Waals surface area contributed by atoms with Gasteiger partial charge in [0.15, 0.2) is 0 Å². The largest absolute Gasteiger partial charge is 0.375 e. The van der Waals surface area contributed by atoms with E-state index in [2.05, 4.69) is 12.2 Å². The molecule has 0 spiro atoms. The van der Waals surface area contributed by atoms with Gasteiger partial charge in [-0.3, -0.25) is 0 Å². The summed E-state index contributed by atoms with van der Waals surface area (Å²) in [5.41, 5.74) is 1.76. The Morgan fingerprint density at radius 2 is 2.37 bits per heavy atom. The number of aryl methyl sites for hydroxylation is 1. The molecule has 1 unspecified atom stereocenters. The Kier molecular flexibility index (Phi) is 4.66. The van der Waals surface area contributed by atoms with Gasteiger partial charge < -0.3 is 15.0 Å². The molecule has 1 aromatic carbocycles. The number of carbonyl (C=O) groups excluding carboxylic acids is 1. The number of hydrogen-bond donors (Lipinski definition) is 1. The van der Waals surface area contributed by atoms with Gasteiger partial charge >= 0.3 is 6.03 Å². The third-order valence-corrected chi connectivity index (χ3v) is 3.55. The number of benzene rings is 1. The van der Waals surface area contributed by atoms with Crippen LogP contribution in [0.25, 0.3) is 0 Å². The van der Waals surface area contributed by atoms with Gasteiger partial charge in [0.05, 0.1) is 12.7 Å². The smallest absolute Gasteiger partial charge is 0.322 e. The third-order valence-electron chi connectivity index (χ3n) is 3.31. The van der Waals surface area contributed by atoms with Crippen LogP contribution in [0.15, 0.2) is 18.2 Å². The molecule has 1 aliphatic rings. The van der Waals surface area contributed by atoms with Crippen molar-refractivity contribution >= 4 is 23.3 Å². The van der Waals surface area contributed by atoms with E-state index in [1.807, 2.05) is 19.1 Å². The molecule has 1 aliphatic heterocycles. The number of urea groups is 1. The van der Waals surface area contributed by atoms with Gasteiger partial charge in [0.1, 0.15) is 0 Å². The van der Waals surface area contributed by atoms with Gasteiger partial charge in [0.25, 0.3) is 0 Å². The molecule has 1 atom stereocenters. The first-order valence-electron chi connectivity index (χ1n) is 6.54. The lowest BCUT2D eigenvalue weighted by Gasteiger charge is -2.32. The van der Waals surface area contributed by atoms with E-state index in [1.54, 1.807) is 11.0 Å². The zero-order chi connectivity index (χ0) is 13.8. The van der Waals surface area contributed by atoms with Crippen molar-refractivity contribution in [3.05, 3.63) is 28.8 Å². The minimum absolute atomic E-state index is 0.0767. The molecule has 4 nitrogen and oxygen atoms in total. The molecule has 1 saturated heterocycles. The van der Waals surface area contributed by atoms with E-state index in [0.29, 0.717) is 24.7 Å². The molecule has 0 aromatic heterocycles. The summed E-state index contributed by atoms with van der Waals surface area (Å²) in [5.74, 6) is 0. The predicted molar refractivity (Wildman–Crippen MR) is 76.8 cm³/mol. The van der Waals surface area contributed by atoms with Crippen LogP contribution in [0.5, 0.6) is 0 Å². The second-order valence-corrected chi connectivity index (χ2v) is 5.17. The van der Waals surface area contributed by atoms with Gasteiger partial charge in [0.2, 0.25) is 0 Å². The zero-order valence-corrected chi connectivity index (χ0v) is 12.0. The van der Waals surface area contributed by atoms with E-state index in [1.165, 1.54) is 0 Å². The lowest BCUT2D eigenvalue weighted by Crippen LogP contribution is -2.47. The Morgan fingerprint density at radius 1 is 1.58 bits per heavy atom. The molecule has 2 amide bonds. The molecular formula is C14H19ClN2O2. The quantitative estimate of drug-likeness (QED) is 0.904. The van der Waals surface area contributed by atoms with E-state index in [-0.39, 0.29) is 12.1 Å². The molecule has 0 bridgehead atoms. The Morgan fingerprint density at radius 3 is 3.05 bits per heavy atom. The van der Waals surface area contributed by atoms with E-state index < -0.39 is 0 Å². The van der Waals surface area contributed by atoms with Crippen LogP contribution in [0.3, 0.4) is 0 Å². The van der Waals surface area contributed by atoms with Crippen LogP contribution >= 0.6 is 11.6 Å². The highest BCUT2D eigenvalue weighted by Crippen LogP contribution is 2.20. The molecule has 1 aromatic rings. The summed E-state index contributed by atoms with van der Waals surface area (Å²) in [7, 11) is 0. The number of morpholine rings is 1. The number of nitrogens with one attached hydrogen (secondary N) is 1. The highest BCUT2D eigenvalue weighted by Gasteiger charge is 2.23. The first-order chi connectivity index (χ1) is 9.10. The van der Waals surface area contributed by atoms with Crippen molar-refractivity contribution in [1.82, 2.24) is 4.90 Å². The van der Waals surface area contributed by atoms with Gasteiger partial charge in [0, 0.05) is 23.8 Å². The molecule has 0 aliphatic carbocycles. The van der Waals surface area contributed by atoms with Crippen molar-refractivity contribution in [1.29, 1.82) is 0 Å². The summed E-state index contributed by atoms with van der Waals surface area (Å²) < 4.78 is 5.56. The van der Waals surface area contributed by atoms with Crippen molar-refractivity contribution in [3.63, 3.8) is 0 Å². The van der Waals surface area contributed by atoms with Crippen molar-refractivity contribution in [2.75, 3.05) is 25.0 Å². The summed E-state index contributed by atoms with van der Waals surface area (Å²) in [6.07, 6.45) is 1.06. The molecule has 1 N–H and O–H groups in total. The number of amides is 2. The highest BCUT2D eigenvalue weighted by atomic mass is 35.5. The normalized spacial score (nSPS) is 19.3. The van der Waals surface area contributed by atoms with Crippen LogP contribution in [-0.4, -0.2) is 36.7 Å². The Bertz CT molecular complexity index is 465. The third kappa shape index (κ3) is 3.61. The molecule has 19 heavy (non-hydrogen) atoms. The number of carbonyl (C=O) groups is 1. The molecule has 5 heteroatoms. The molecule has 2 rings (SSSR count). The average Bonchev–Trinajstić information content (AvgIpc) is 2.42. The van der Waals surface area contributed by atoms with E-state index in [9.17, 15) is 4.79 Å². The fraction of sp³-hybridized carbons (Fsp3) is 0.500. The van der Waals surface area contributed by atoms with Crippen LogP contribution in [0.2, 0.25) is 5.02 Å². The molecule has 1 fully saturated rings. The second-order valence-electron chi connectivity index (χ2n) is 4.74. The maximum absolute atomic E-state index is 12.2. The second kappa shape index (κ2) is 6.26. The van der Waals surface area contributed by atoms with E-state index in [0.717, 1.165) is 17.7 Å². The number of hydrogen-bond acceptors (Lipinski definition) is 2. The Labute approximate surface area is 118 Å². The maximum atomic E-state index is 12.2. The topological polar surface area (TPSA) is 41.6 Å². The SMILES string of the molecule is CCC1CN(C(=O)Nc2ccc(Cl)cc2C)CCO1. The van der Waals surface area contributed by atoms with Crippen LogP contribution in [0.1, 0.15) is 18.9 Å². The van der Waals surface area contributed by atoms with Gasteiger partial charge in [-0.1, -0.05) is 18.5 Å². The van der Waals surface area contributed by atoms with Crippen LogP contribution in [0, 0.1) is 6.92 Å². The Balaban J connectivity index is 2.00. The first-order valence-corrected chi connectivity index (χ1v) is 6.91. The predicted octanol–water partition coefficient (Wildman–Crippen LogP) is 3.29. The number of rotatable bonds is 2. The summed E-state index contributed by atoms with van der Waals surface area (Å²) in [4.78, 5) is 14.0. The van der Waals surface area contributed by atoms with Crippen molar-refractivity contribution < 1.29 is 9.53 Å². The van der Waals surface area contributed by atoms with Crippen LogP contribution in [-0.2, 0) is 4.74 Å². The van der Waals surface area contributed by atoms with Crippen LogP contribution in [0.4, 0.5) is 10.5 Å². The summed E-state index contributed by atoms with van der Waals surface area (Å²) in [6.45, 7) is 5.88. The van der Waals surface area contributed by atoms with E-state index >= 15 is 0 Å². The fourth-order valence-corrected chi connectivity index (χ4v) is 2.34. The number of anilines is 1. The zero-order valence-electron chi connectivity index (χ0n) is 11.3. The van der Waals surface area contributed by atoms with Gasteiger partial charge in [-0.2, -0.15) is 0 Å².